The van der Waals surface area contributed by atoms with E-state index in [9.17, 15) is 14.4 Å². The van der Waals surface area contributed by atoms with E-state index in [2.05, 4.69) is 5.32 Å². The van der Waals surface area contributed by atoms with Gasteiger partial charge >= 0.3 is 0 Å². The van der Waals surface area contributed by atoms with Gasteiger partial charge in [-0.1, -0.05) is 48.0 Å². The highest BCUT2D eigenvalue weighted by atomic mass is 35.5. The molecule has 1 aliphatic rings. The zero-order valence-corrected chi connectivity index (χ0v) is 18.6. The molecule has 0 bridgehead atoms. The van der Waals surface area contributed by atoms with Crippen LogP contribution in [-0.4, -0.2) is 24.1 Å². The average Bonchev–Trinajstić information content (AvgIpc) is 3.16. The molecular formula is C26H23ClN2O3. The molecule has 3 aromatic rings. The van der Waals surface area contributed by atoms with Crippen molar-refractivity contribution in [2.75, 3.05) is 16.8 Å². The van der Waals surface area contributed by atoms with Crippen LogP contribution in [0.3, 0.4) is 0 Å². The topological polar surface area (TPSA) is 66.5 Å². The number of benzene rings is 3. The third-order valence-corrected chi connectivity index (χ3v) is 5.77. The van der Waals surface area contributed by atoms with Crippen molar-refractivity contribution in [3.63, 3.8) is 0 Å². The van der Waals surface area contributed by atoms with Gasteiger partial charge in [-0.2, -0.15) is 0 Å². The minimum absolute atomic E-state index is 0.0909. The summed E-state index contributed by atoms with van der Waals surface area (Å²) in [5.74, 6) is -1.14. The summed E-state index contributed by atoms with van der Waals surface area (Å²) in [4.78, 5) is 40.3. The number of nitrogens with zero attached hydrogens (tertiary/aromatic N) is 1. The number of carbonyl (C=O) groups excluding carboxylic acids is 3. The summed E-state index contributed by atoms with van der Waals surface area (Å²) in [6.07, 6.45) is 0.119. The molecule has 32 heavy (non-hydrogen) atoms. The Morgan fingerprint density at radius 1 is 0.969 bits per heavy atom. The zero-order valence-electron chi connectivity index (χ0n) is 17.9. The molecule has 1 heterocycles. The van der Waals surface area contributed by atoms with E-state index < -0.39 is 5.92 Å². The van der Waals surface area contributed by atoms with Crippen molar-refractivity contribution in [2.45, 2.75) is 20.3 Å². The Morgan fingerprint density at radius 2 is 1.66 bits per heavy atom. The lowest BCUT2D eigenvalue weighted by Crippen LogP contribution is -2.28. The molecular weight excluding hydrogens is 424 g/mol. The van der Waals surface area contributed by atoms with Crippen LogP contribution in [0.1, 0.15) is 33.5 Å². The lowest BCUT2D eigenvalue weighted by molar-refractivity contribution is -0.122. The van der Waals surface area contributed by atoms with Gasteiger partial charge in [-0.25, -0.2) is 0 Å². The Morgan fingerprint density at radius 3 is 2.34 bits per heavy atom. The van der Waals surface area contributed by atoms with Gasteiger partial charge in [0.25, 0.3) is 0 Å². The van der Waals surface area contributed by atoms with Gasteiger partial charge in [-0.05, 0) is 55.3 Å². The molecule has 1 atom stereocenters. The highest BCUT2D eigenvalue weighted by Crippen LogP contribution is 2.29. The standard InChI is InChI=1S/C26H23ClN2O3/c1-16-10-17(2)12-21(11-16)29-15-19(13-24(29)30)26(32)28-23-9-8-20(27)14-22(23)25(31)18-6-4-3-5-7-18/h3-12,14,19H,13,15H2,1-2H3,(H,28,32). The van der Waals surface area contributed by atoms with Crippen LogP contribution < -0.4 is 10.2 Å². The summed E-state index contributed by atoms with van der Waals surface area (Å²) in [6.45, 7) is 4.25. The Labute approximate surface area is 192 Å². The number of aryl methyl sites for hydroxylation is 2. The minimum Gasteiger partial charge on any atom is -0.325 e. The predicted octanol–water partition coefficient (Wildman–Crippen LogP) is 5.18. The second kappa shape index (κ2) is 8.97. The molecule has 5 nitrogen and oxygen atoms in total. The molecule has 6 heteroatoms. The second-order valence-electron chi connectivity index (χ2n) is 8.13. The normalized spacial score (nSPS) is 15.7. The molecule has 0 radical (unpaired) electrons. The molecule has 1 unspecified atom stereocenters. The van der Waals surface area contributed by atoms with Gasteiger partial charge in [0.05, 0.1) is 11.6 Å². The lowest BCUT2D eigenvalue weighted by atomic mass is 10.0. The van der Waals surface area contributed by atoms with Crippen LogP contribution in [0.15, 0.2) is 66.7 Å². The summed E-state index contributed by atoms with van der Waals surface area (Å²) in [5, 5.41) is 3.25. The van der Waals surface area contributed by atoms with E-state index >= 15 is 0 Å². The largest absolute Gasteiger partial charge is 0.325 e. The molecule has 1 saturated heterocycles. The number of rotatable bonds is 5. The summed E-state index contributed by atoms with van der Waals surface area (Å²) in [6, 6.07) is 19.5. The van der Waals surface area contributed by atoms with Crippen LogP contribution in [0.4, 0.5) is 11.4 Å². The van der Waals surface area contributed by atoms with Crippen molar-refractivity contribution < 1.29 is 14.4 Å². The second-order valence-corrected chi connectivity index (χ2v) is 8.56. The monoisotopic (exact) mass is 446 g/mol. The average molecular weight is 447 g/mol. The van der Waals surface area contributed by atoms with E-state index in [1.165, 1.54) is 0 Å². The van der Waals surface area contributed by atoms with E-state index in [0.29, 0.717) is 28.4 Å². The van der Waals surface area contributed by atoms with Crippen LogP contribution in [0, 0.1) is 19.8 Å². The maximum Gasteiger partial charge on any atom is 0.229 e. The van der Waals surface area contributed by atoms with E-state index in [0.717, 1.165) is 16.8 Å². The lowest BCUT2D eigenvalue weighted by Gasteiger charge is -2.18. The van der Waals surface area contributed by atoms with Crippen LogP contribution in [-0.2, 0) is 9.59 Å². The first-order valence-corrected chi connectivity index (χ1v) is 10.8. The van der Waals surface area contributed by atoms with Gasteiger partial charge in [0.15, 0.2) is 5.78 Å². The maximum atomic E-state index is 13.0. The van der Waals surface area contributed by atoms with E-state index in [1.54, 1.807) is 47.4 Å². The molecule has 1 N–H and O–H groups in total. The molecule has 2 amide bonds. The maximum absolute atomic E-state index is 13.0. The third-order valence-electron chi connectivity index (χ3n) is 5.53. The zero-order chi connectivity index (χ0) is 22.8. The number of hydrogen-bond acceptors (Lipinski definition) is 3. The van der Waals surface area contributed by atoms with E-state index in [-0.39, 0.29) is 24.0 Å². The summed E-state index contributed by atoms with van der Waals surface area (Å²) >= 11 is 6.13. The highest BCUT2D eigenvalue weighted by molar-refractivity contribution is 6.31. The van der Waals surface area contributed by atoms with E-state index in [1.807, 2.05) is 38.1 Å². The van der Waals surface area contributed by atoms with Crippen molar-refractivity contribution in [3.8, 4) is 0 Å². The number of halogens is 1. The predicted molar refractivity (Wildman–Crippen MR) is 126 cm³/mol. The van der Waals surface area contributed by atoms with Crippen molar-refractivity contribution in [1.29, 1.82) is 0 Å². The van der Waals surface area contributed by atoms with Gasteiger partial charge in [-0.3, -0.25) is 14.4 Å². The summed E-state index contributed by atoms with van der Waals surface area (Å²) in [7, 11) is 0. The van der Waals surface area contributed by atoms with Crippen LogP contribution in [0.25, 0.3) is 0 Å². The number of nitrogens with one attached hydrogen (secondary N) is 1. The molecule has 1 aliphatic heterocycles. The van der Waals surface area contributed by atoms with Gasteiger partial charge in [0.2, 0.25) is 11.8 Å². The molecule has 0 aliphatic carbocycles. The smallest absolute Gasteiger partial charge is 0.229 e. The first-order chi connectivity index (χ1) is 15.3. The minimum atomic E-state index is -0.515. The fraction of sp³-hybridized carbons (Fsp3) is 0.192. The van der Waals surface area contributed by atoms with Gasteiger partial charge < -0.3 is 10.2 Å². The van der Waals surface area contributed by atoms with Gasteiger partial charge in [0.1, 0.15) is 0 Å². The molecule has 0 spiro atoms. The Kier molecular flexibility index (Phi) is 6.10. The van der Waals surface area contributed by atoms with Crippen molar-refractivity contribution >= 4 is 40.6 Å². The fourth-order valence-electron chi connectivity index (χ4n) is 4.03. The quantitative estimate of drug-likeness (QED) is 0.549. The van der Waals surface area contributed by atoms with Crippen molar-refractivity contribution in [3.05, 3.63) is 94.0 Å². The molecule has 3 aromatic carbocycles. The van der Waals surface area contributed by atoms with E-state index in [4.69, 9.17) is 11.6 Å². The van der Waals surface area contributed by atoms with Crippen molar-refractivity contribution in [1.82, 2.24) is 0 Å². The molecule has 162 valence electrons. The Balaban J connectivity index is 1.55. The number of ketones is 1. The number of anilines is 2. The number of amides is 2. The molecule has 4 rings (SSSR count). The van der Waals surface area contributed by atoms with Gasteiger partial charge in [0, 0.05) is 34.8 Å². The number of hydrogen-bond donors (Lipinski definition) is 1. The molecule has 0 aromatic heterocycles. The first kappa shape index (κ1) is 21.8. The highest BCUT2D eigenvalue weighted by Gasteiger charge is 2.35. The summed E-state index contributed by atoms with van der Waals surface area (Å²) < 4.78 is 0. The fourth-order valence-corrected chi connectivity index (χ4v) is 4.20. The first-order valence-electron chi connectivity index (χ1n) is 10.4. The Hall–Kier alpha value is -3.44. The van der Waals surface area contributed by atoms with Crippen LogP contribution >= 0.6 is 11.6 Å². The molecule has 0 saturated carbocycles. The Bertz CT molecular complexity index is 1190. The summed E-state index contributed by atoms with van der Waals surface area (Å²) in [5.41, 5.74) is 4.12. The SMILES string of the molecule is Cc1cc(C)cc(N2CC(C(=O)Nc3ccc(Cl)cc3C(=O)c3ccccc3)CC2=O)c1. The van der Waals surface area contributed by atoms with Crippen LogP contribution in [0.5, 0.6) is 0 Å². The van der Waals surface area contributed by atoms with Crippen LogP contribution in [0.2, 0.25) is 5.02 Å². The van der Waals surface area contributed by atoms with Crippen molar-refractivity contribution in [2.24, 2.45) is 5.92 Å². The van der Waals surface area contributed by atoms with Gasteiger partial charge in [-0.15, -0.1) is 0 Å². The number of carbonyl (C=O) groups is 3. The third kappa shape index (κ3) is 4.58. The molecule has 1 fully saturated rings.